The topological polar surface area (TPSA) is 78.4 Å². The summed E-state index contributed by atoms with van der Waals surface area (Å²) in [6, 6.07) is 11.6. The minimum Gasteiger partial charge on any atom is -0.493 e. The molecule has 8 heteroatoms. The molecule has 0 atom stereocenters. The Morgan fingerprint density at radius 2 is 1.90 bits per heavy atom. The number of likely N-dealkylation sites (tertiary alicyclic amines) is 1. The van der Waals surface area contributed by atoms with E-state index in [9.17, 15) is 0 Å². The molecular weight excluding hydrogens is 394 g/mol. The van der Waals surface area contributed by atoms with E-state index in [0.29, 0.717) is 28.8 Å². The summed E-state index contributed by atoms with van der Waals surface area (Å²) in [5.41, 5.74) is 3.58. The second-order valence-electron chi connectivity index (χ2n) is 7.65. The van der Waals surface area contributed by atoms with Gasteiger partial charge in [-0.3, -0.25) is 0 Å². The van der Waals surface area contributed by atoms with Gasteiger partial charge in [0.2, 0.25) is 5.82 Å². The van der Waals surface area contributed by atoms with Crippen LogP contribution in [0.15, 0.2) is 47.2 Å². The monoisotopic (exact) mass is 419 g/mol. The Morgan fingerprint density at radius 1 is 1.03 bits per heavy atom. The Kier molecular flexibility index (Phi) is 5.30. The second-order valence-corrected chi connectivity index (χ2v) is 7.65. The van der Waals surface area contributed by atoms with Gasteiger partial charge in [0.1, 0.15) is 0 Å². The molecule has 0 saturated carbocycles. The third-order valence-electron chi connectivity index (χ3n) is 5.79. The van der Waals surface area contributed by atoms with Gasteiger partial charge in [0.25, 0.3) is 5.89 Å². The Morgan fingerprint density at radius 3 is 2.71 bits per heavy atom. The molecule has 5 rings (SSSR count). The highest BCUT2D eigenvalue weighted by Crippen LogP contribution is 2.37. The molecule has 2 aromatic heterocycles. The standard InChI is InChI=1S/C23H25N5O3/c1-29-20-7-5-6-17(21(20)30-2)23-25-22(26-31-23)16-8-9-19-18(14-16)24-15-28(19)13-12-27-10-3-4-11-27/h5-9,14-15H,3-4,10-13H2,1-2H3. The average Bonchev–Trinajstić information content (AvgIpc) is 3.57. The van der Waals surface area contributed by atoms with Crippen LogP contribution in [-0.2, 0) is 6.54 Å². The first kappa shape index (κ1) is 19.6. The number of hydrogen-bond donors (Lipinski definition) is 0. The van der Waals surface area contributed by atoms with Crippen LogP contribution in [-0.4, -0.2) is 58.4 Å². The number of methoxy groups -OCH3 is 2. The molecular formula is C23H25N5O3. The van der Waals surface area contributed by atoms with Gasteiger partial charge in [0, 0.05) is 18.7 Å². The lowest BCUT2D eigenvalue weighted by Gasteiger charge is -2.14. The number of benzene rings is 2. The smallest absolute Gasteiger partial charge is 0.262 e. The summed E-state index contributed by atoms with van der Waals surface area (Å²) < 4.78 is 18.6. The van der Waals surface area contributed by atoms with E-state index in [1.807, 2.05) is 36.7 Å². The normalized spacial score (nSPS) is 14.4. The van der Waals surface area contributed by atoms with E-state index in [1.165, 1.54) is 25.9 Å². The van der Waals surface area contributed by atoms with Crippen LogP contribution in [0.1, 0.15) is 12.8 Å². The molecule has 0 aliphatic carbocycles. The van der Waals surface area contributed by atoms with E-state index in [-0.39, 0.29) is 0 Å². The van der Waals surface area contributed by atoms with Crippen molar-refractivity contribution in [3.63, 3.8) is 0 Å². The number of ether oxygens (including phenoxy) is 2. The number of rotatable bonds is 7. The van der Waals surface area contributed by atoms with Gasteiger partial charge in [-0.15, -0.1) is 0 Å². The van der Waals surface area contributed by atoms with Crippen molar-refractivity contribution < 1.29 is 14.0 Å². The van der Waals surface area contributed by atoms with Gasteiger partial charge < -0.3 is 23.5 Å². The molecule has 1 aliphatic rings. The third kappa shape index (κ3) is 3.74. The summed E-state index contributed by atoms with van der Waals surface area (Å²) in [6.45, 7) is 4.41. The van der Waals surface area contributed by atoms with Crippen molar-refractivity contribution >= 4 is 11.0 Å². The van der Waals surface area contributed by atoms with E-state index in [2.05, 4.69) is 30.7 Å². The van der Waals surface area contributed by atoms with Crippen LogP contribution < -0.4 is 9.47 Å². The first-order valence-corrected chi connectivity index (χ1v) is 10.5. The van der Waals surface area contributed by atoms with Crippen LogP contribution in [0.2, 0.25) is 0 Å². The molecule has 2 aromatic carbocycles. The Bertz CT molecular complexity index is 1190. The number of hydrogen-bond acceptors (Lipinski definition) is 7. The van der Waals surface area contributed by atoms with Gasteiger partial charge in [-0.05, 0) is 56.3 Å². The van der Waals surface area contributed by atoms with Crippen molar-refractivity contribution in [3.05, 3.63) is 42.7 Å². The SMILES string of the molecule is COc1cccc(-c2nc(-c3ccc4c(c3)ncn4CCN3CCCC3)no2)c1OC. The van der Waals surface area contributed by atoms with Crippen molar-refractivity contribution in [2.75, 3.05) is 33.9 Å². The van der Waals surface area contributed by atoms with Crippen molar-refractivity contribution in [1.82, 2.24) is 24.6 Å². The molecule has 0 amide bonds. The molecule has 160 valence electrons. The molecule has 0 N–H and O–H groups in total. The zero-order valence-electron chi connectivity index (χ0n) is 17.7. The lowest BCUT2D eigenvalue weighted by Crippen LogP contribution is -2.23. The van der Waals surface area contributed by atoms with Gasteiger partial charge in [-0.1, -0.05) is 11.2 Å². The number of imidazole rings is 1. The summed E-state index contributed by atoms with van der Waals surface area (Å²) >= 11 is 0. The van der Waals surface area contributed by atoms with Gasteiger partial charge in [-0.25, -0.2) is 4.98 Å². The molecule has 1 fully saturated rings. The quantitative estimate of drug-likeness (QED) is 0.450. The molecule has 0 unspecified atom stereocenters. The summed E-state index contributed by atoms with van der Waals surface area (Å²) in [4.78, 5) is 11.7. The maximum Gasteiger partial charge on any atom is 0.262 e. The van der Waals surface area contributed by atoms with Crippen LogP contribution in [0.3, 0.4) is 0 Å². The zero-order valence-corrected chi connectivity index (χ0v) is 17.7. The summed E-state index contributed by atoms with van der Waals surface area (Å²) in [6.07, 6.45) is 4.53. The van der Waals surface area contributed by atoms with E-state index in [0.717, 1.165) is 29.7 Å². The minimum absolute atomic E-state index is 0.377. The van der Waals surface area contributed by atoms with E-state index in [4.69, 9.17) is 14.0 Å². The van der Waals surface area contributed by atoms with E-state index in [1.54, 1.807) is 14.2 Å². The number of nitrogens with zero attached hydrogens (tertiary/aromatic N) is 5. The van der Waals surface area contributed by atoms with Crippen molar-refractivity contribution in [2.24, 2.45) is 0 Å². The number of fused-ring (bicyclic) bond motifs is 1. The van der Waals surface area contributed by atoms with Crippen LogP contribution >= 0.6 is 0 Å². The lowest BCUT2D eigenvalue weighted by atomic mass is 10.1. The second kappa shape index (κ2) is 8.39. The highest BCUT2D eigenvalue weighted by Gasteiger charge is 2.18. The predicted molar refractivity (Wildman–Crippen MR) is 117 cm³/mol. The summed E-state index contributed by atoms with van der Waals surface area (Å²) in [7, 11) is 3.19. The molecule has 3 heterocycles. The maximum atomic E-state index is 5.53. The van der Waals surface area contributed by atoms with Crippen molar-refractivity contribution in [1.29, 1.82) is 0 Å². The average molecular weight is 419 g/mol. The molecule has 1 aliphatic heterocycles. The van der Waals surface area contributed by atoms with E-state index >= 15 is 0 Å². The highest BCUT2D eigenvalue weighted by molar-refractivity contribution is 5.81. The van der Waals surface area contributed by atoms with Gasteiger partial charge in [0.05, 0.1) is 37.1 Å². The Hall–Kier alpha value is -3.39. The largest absolute Gasteiger partial charge is 0.493 e. The van der Waals surface area contributed by atoms with Crippen LogP contribution in [0, 0.1) is 0 Å². The third-order valence-corrected chi connectivity index (χ3v) is 5.79. The molecule has 0 bridgehead atoms. The Balaban J connectivity index is 1.40. The van der Waals surface area contributed by atoms with E-state index < -0.39 is 0 Å². The summed E-state index contributed by atoms with van der Waals surface area (Å²) in [5.74, 6) is 2.06. The van der Waals surface area contributed by atoms with Crippen LogP contribution in [0.5, 0.6) is 11.5 Å². The fourth-order valence-corrected chi connectivity index (χ4v) is 4.14. The van der Waals surface area contributed by atoms with Gasteiger partial charge in [-0.2, -0.15) is 4.98 Å². The summed E-state index contributed by atoms with van der Waals surface area (Å²) in [5, 5.41) is 4.17. The molecule has 31 heavy (non-hydrogen) atoms. The first-order valence-electron chi connectivity index (χ1n) is 10.5. The number of aromatic nitrogens is 4. The minimum atomic E-state index is 0.377. The van der Waals surface area contributed by atoms with Crippen LogP contribution in [0.4, 0.5) is 0 Å². The first-order chi connectivity index (χ1) is 15.3. The maximum absolute atomic E-state index is 5.53. The molecule has 1 saturated heterocycles. The van der Waals surface area contributed by atoms with Gasteiger partial charge in [0.15, 0.2) is 11.5 Å². The highest BCUT2D eigenvalue weighted by atomic mass is 16.5. The zero-order chi connectivity index (χ0) is 21.2. The van der Waals surface area contributed by atoms with Crippen molar-refractivity contribution in [3.8, 4) is 34.3 Å². The molecule has 4 aromatic rings. The predicted octanol–water partition coefficient (Wildman–Crippen LogP) is 3.87. The van der Waals surface area contributed by atoms with Crippen molar-refractivity contribution in [2.45, 2.75) is 19.4 Å². The lowest BCUT2D eigenvalue weighted by molar-refractivity contribution is 0.324. The molecule has 0 spiro atoms. The molecule has 8 nitrogen and oxygen atoms in total. The Labute approximate surface area is 180 Å². The molecule has 0 radical (unpaired) electrons. The fourth-order valence-electron chi connectivity index (χ4n) is 4.14. The van der Waals surface area contributed by atoms with Gasteiger partial charge >= 0.3 is 0 Å². The van der Waals surface area contributed by atoms with Crippen LogP contribution in [0.25, 0.3) is 33.9 Å². The number of para-hydroxylation sites is 1. The fraction of sp³-hybridized carbons (Fsp3) is 0.348.